The van der Waals surface area contributed by atoms with Crippen molar-refractivity contribution >= 4 is 54.5 Å². The molecule has 0 aliphatic heterocycles. The third-order valence-corrected chi connectivity index (χ3v) is 7.96. The number of hydrogen-bond donors (Lipinski definition) is 0. The maximum Gasteiger partial charge on any atom is 0.135 e. The molecule has 0 N–H and O–H groups in total. The van der Waals surface area contributed by atoms with Crippen LogP contribution >= 0.6 is 0 Å². The van der Waals surface area contributed by atoms with Gasteiger partial charge in [0.25, 0.3) is 0 Å². The van der Waals surface area contributed by atoms with Crippen LogP contribution < -0.4 is 0 Å². The minimum atomic E-state index is 0.895. The van der Waals surface area contributed by atoms with Gasteiger partial charge in [0.2, 0.25) is 0 Å². The fourth-order valence-electron chi connectivity index (χ4n) is 6.05. The molecule has 39 heavy (non-hydrogen) atoms. The fraction of sp³-hybridized carbons (Fsp3) is 0.0556. The molecule has 8 aromatic rings. The van der Waals surface area contributed by atoms with Gasteiger partial charge >= 0.3 is 0 Å². The highest BCUT2D eigenvalue weighted by Crippen LogP contribution is 2.37. The smallest absolute Gasteiger partial charge is 0.135 e. The van der Waals surface area contributed by atoms with Gasteiger partial charge in [-0.05, 0) is 71.1 Å². The van der Waals surface area contributed by atoms with Crippen LogP contribution in [0.5, 0.6) is 0 Å². The quantitative estimate of drug-likeness (QED) is 0.222. The predicted molar refractivity (Wildman–Crippen MR) is 162 cm³/mol. The molecular weight excluding hydrogens is 476 g/mol. The molecule has 0 fully saturated rings. The maximum absolute atomic E-state index is 6.05. The summed E-state index contributed by atoms with van der Waals surface area (Å²) in [6.07, 6.45) is 1.93. The Labute approximate surface area is 225 Å². The Morgan fingerprint density at radius 2 is 1.10 bits per heavy atom. The zero-order valence-corrected chi connectivity index (χ0v) is 21.7. The SMILES string of the molecule is Cc1cc(-c2cnc3c4ccccc4c4ccccc4c3n2)c(C)cc1-c1ccc2oc3ccccc3c2c1. The van der Waals surface area contributed by atoms with E-state index in [1.54, 1.807) is 0 Å². The van der Waals surface area contributed by atoms with E-state index < -0.39 is 0 Å². The number of aryl methyl sites for hydroxylation is 2. The second-order valence-corrected chi connectivity index (χ2v) is 10.3. The fourth-order valence-corrected chi connectivity index (χ4v) is 6.05. The van der Waals surface area contributed by atoms with Crippen LogP contribution in [-0.4, -0.2) is 9.97 Å². The normalized spacial score (nSPS) is 11.8. The summed E-state index contributed by atoms with van der Waals surface area (Å²) >= 11 is 0. The van der Waals surface area contributed by atoms with E-state index in [1.807, 2.05) is 18.3 Å². The average molecular weight is 501 g/mol. The molecule has 184 valence electrons. The van der Waals surface area contributed by atoms with Crippen molar-refractivity contribution in [2.24, 2.45) is 0 Å². The first-order valence-electron chi connectivity index (χ1n) is 13.3. The zero-order valence-electron chi connectivity index (χ0n) is 21.7. The van der Waals surface area contributed by atoms with Crippen LogP contribution in [0.15, 0.2) is 114 Å². The third kappa shape index (κ3) is 3.30. The number of hydrogen-bond acceptors (Lipinski definition) is 3. The number of fused-ring (bicyclic) bond motifs is 9. The first-order chi connectivity index (χ1) is 19.2. The molecule has 0 aliphatic rings. The van der Waals surface area contributed by atoms with Gasteiger partial charge in [-0.1, -0.05) is 78.9 Å². The van der Waals surface area contributed by atoms with Crippen molar-refractivity contribution in [2.75, 3.05) is 0 Å². The van der Waals surface area contributed by atoms with Crippen molar-refractivity contribution in [3.63, 3.8) is 0 Å². The molecule has 0 unspecified atom stereocenters. The third-order valence-electron chi connectivity index (χ3n) is 7.96. The monoisotopic (exact) mass is 500 g/mol. The van der Waals surface area contributed by atoms with Gasteiger partial charge in [-0.3, -0.25) is 4.98 Å². The Kier molecular flexibility index (Phi) is 4.65. The van der Waals surface area contributed by atoms with Gasteiger partial charge in [0.15, 0.2) is 0 Å². The highest BCUT2D eigenvalue weighted by atomic mass is 16.3. The Morgan fingerprint density at radius 1 is 0.513 bits per heavy atom. The number of rotatable bonds is 2. The van der Waals surface area contributed by atoms with E-state index in [9.17, 15) is 0 Å². The van der Waals surface area contributed by atoms with Crippen molar-refractivity contribution in [1.82, 2.24) is 9.97 Å². The summed E-state index contributed by atoms with van der Waals surface area (Å²) in [5.41, 5.74) is 10.5. The predicted octanol–water partition coefficient (Wildman–Crippen LogP) is 9.79. The van der Waals surface area contributed by atoms with Gasteiger partial charge in [0.05, 0.1) is 22.9 Å². The standard InChI is InChI=1S/C36H24N2O/c1-21-18-30(22(2)17-29(21)23-15-16-34-31(19-23)26-11-7-8-14-33(26)39-34)32-20-37-35-27-12-5-3-9-24(27)25-10-4-6-13-28(25)36(35)38-32/h3-20H,1-2H3. The molecule has 0 amide bonds. The van der Waals surface area contributed by atoms with E-state index in [-0.39, 0.29) is 0 Å². The second-order valence-electron chi connectivity index (χ2n) is 10.3. The maximum atomic E-state index is 6.05. The van der Waals surface area contributed by atoms with E-state index in [0.29, 0.717) is 0 Å². The van der Waals surface area contributed by atoms with Gasteiger partial charge in [-0.2, -0.15) is 0 Å². The Morgan fingerprint density at radius 3 is 1.87 bits per heavy atom. The number of aromatic nitrogens is 2. The number of nitrogens with zero attached hydrogens (tertiary/aromatic N) is 2. The number of furan rings is 1. The van der Waals surface area contributed by atoms with Gasteiger partial charge < -0.3 is 4.42 Å². The van der Waals surface area contributed by atoms with E-state index in [2.05, 4.69) is 105 Å². The Balaban J connectivity index is 1.30. The summed E-state index contributed by atoms with van der Waals surface area (Å²) in [4.78, 5) is 10.2. The molecule has 3 heteroatoms. The molecule has 3 nitrogen and oxygen atoms in total. The molecule has 0 bridgehead atoms. The molecular formula is C36H24N2O. The molecule has 0 spiro atoms. The van der Waals surface area contributed by atoms with Crippen LogP contribution in [0.3, 0.4) is 0 Å². The molecule has 0 radical (unpaired) electrons. The average Bonchev–Trinajstić information content (AvgIpc) is 3.36. The summed E-state index contributed by atoms with van der Waals surface area (Å²) in [6, 6.07) is 36.2. The molecule has 8 rings (SSSR count). The molecule has 2 aromatic heterocycles. The lowest BCUT2D eigenvalue weighted by atomic mass is 9.93. The first kappa shape index (κ1) is 22.0. The van der Waals surface area contributed by atoms with Gasteiger partial charge in [-0.15, -0.1) is 0 Å². The lowest BCUT2D eigenvalue weighted by Crippen LogP contribution is -1.95. The van der Waals surface area contributed by atoms with Gasteiger partial charge in [0, 0.05) is 27.1 Å². The topological polar surface area (TPSA) is 38.9 Å². The van der Waals surface area contributed by atoms with Crippen molar-refractivity contribution in [2.45, 2.75) is 13.8 Å². The highest BCUT2D eigenvalue weighted by molar-refractivity contribution is 6.23. The van der Waals surface area contributed by atoms with Crippen molar-refractivity contribution in [1.29, 1.82) is 0 Å². The van der Waals surface area contributed by atoms with Crippen LogP contribution in [0.4, 0.5) is 0 Å². The molecule has 2 heterocycles. The summed E-state index contributed by atoms with van der Waals surface area (Å²) in [5, 5.41) is 6.97. The highest BCUT2D eigenvalue weighted by Gasteiger charge is 2.15. The lowest BCUT2D eigenvalue weighted by Gasteiger charge is -2.14. The summed E-state index contributed by atoms with van der Waals surface area (Å²) in [6.45, 7) is 4.34. The minimum Gasteiger partial charge on any atom is -0.456 e. The number of para-hydroxylation sites is 1. The van der Waals surface area contributed by atoms with E-state index in [0.717, 1.165) is 55.0 Å². The summed E-state index contributed by atoms with van der Waals surface area (Å²) in [5.74, 6) is 0. The number of benzene rings is 6. The van der Waals surface area contributed by atoms with Gasteiger partial charge in [0.1, 0.15) is 11.2 Å². The molecule has 6 aromatic carbocycles. The molecule has 0 saturated heterocycles. The van der Waals surface area contributed by atoms with Crippen LogP contribution in [0.2, 0.25) is 0 Å². The summed E-state index contributed by atoms with van der Waals surface area (Å²) < 4.78 is 6.05. The second kappa shape index (κ2) is 8.24. The van der Waals surface area contributed by atoms with Crippen LogP contribution in [0.25, 0.3) is 76.9 Å². The van der Waals surface area contributed by atoms with Gasteiger partial charge in [-0.25, -0.2) is 4.98 Å². The van der Waals surface area contributed by atoms with Crippen LogP contribution in [-0.2, 0) is 0 Å². The Bertz CT molecular complexity index is 2220. The van der Waals surface area contributed by atoms with Crippen LogP contribution in [0, 0.1) is 13.8 Å². The zero-order chi connectivity index (χ0) is 26.1. The summed E-state index contributed by atoms with van der Waals surface area (Å²) in [7, 11) is 0. The first-order valence-corrected chi connectivity index (χ1v) is 13.3. The van der Waals surface area contributed by atoms with Crippen molar-refractivity contribution in [3.05, 3.63) is 120 Å². The molecule has 0 saturated carbocycles. The van der Waals surface area contributed by atoms with Crippen molar-refractivity contribution in [3.8, 4) is 22.4 Å². The largest absolute Gasteiger partial charge is 0.456 e. The van der Waals surface area contributed by atoms with Crippen molar-refractivity contribution < 1.29 is 4.42 Å². The van der Waals surface area contributed by atoms with Crippen LogP contribution in [0.1, 0.15) is 11.1 Å². The Hall–Kier alpha value is -5.02. The van der Waals surface area contributed by atoms with E-state index in [1.165, 1.54) is 33.0 Å². The van der Waals surface area contributed by atoms with E-state index >= 15 is 0 Å². The lowest BCUT2D eigenvalue weighted by molar-refractivity contribution is 0.669. The minimum absolute atomic E-state index is 0.895. The molecule has 0 aliphatic carbocycles. The van der Waals surface area contributed by atoms with E-state index in [4.69, 9.17) is 14.4 Å². The molecule has 0 atom stereocenters.